The van der Waals surface area contributed by atoms with E-state index < -0.39 is 0 Å². The van der Waals surface area contributed by atoms with E-state index in [1.54, 1.807) is 0 Å². The molecule has 0 bridgehead atoms. The minimum atomic E-state index is 0.937. The van der Waals surface area contributed by atoms with Crippen LogP contribution in [0.25, 0.3) is 6.08 Å². The summed E-state index contributed by atoms with van der Waals surface area (Å²) < 4.78 is 0. The third-order valence-electron chi connectivity index (χ3n) is 2.24. The normalized spacial score (nSPS) is 11.9. The van der Waals surface area contributed by atoms with Crippen molar-refractivity contribution >= 4 is 18.7 Å². The maximum Gasteiger partial charge on any atom is -0.00574 e. The van der Waals surface area contributed by atoms with E-state index in [0.717, 1.165) is 18.6 Å². The molecule has 0 aromatic heterocycles. The first kappa shape index (κ1) is 11.4. The molecule has 76 valence electrons. The van der Waals surface area contributed by atoms with Crippen LogP contribution < -0.4 is 0 Å². The van der Waals surface area contributed by atoms with Crippen LogP contribution in [-0.4, -0.2) is 5.75 Å². The lowest BCUT2D eigenvalue weighted by Crippen LogP contribution is -1.89. The number of benzene rings is 1. The summed E-state index contributed by atoms with van der Waals surface area (Å²) in [4.78, 5) is 0. The minimum Gasteiger partial charge on any atom is -0.179 e. The average Bonchev–Trinajstić information content (AvgIpc) is 2.68. The van der Waals surface area contributed by atoms with Crippen LogP contribution >= 0.6 is 12.6 Å². The van der Waals surface area contributed by atoms with Gasteiger partial charge in [-0.1, -0.05) is 44.2 Å². The smallest absolute Gasteiger partial charge is 0.00574 e. The first-order valence-electron chi connectivity index (χ1n) is 5.29. The number of allylic oxidation sites excluding steroid dienone is 1. The summed E-state index contributed by atoms with van der Waals surface area (Å²) in [5.74, 6) is 0.937. The van der Waals surface area contributed by atoms with Gasteiger partial charge in [0.15, 0.2) is 0 Å². The fraction of sp³-hybridized carbons (Fsp3) is 0.385. The Balaban J connectivity index is 0.000000461. The van der Waals surface area contributed by atoms with Crippen molar-refractivity contribution in [1.82, 2.24) is 0 Å². The van der Waals surface area contributed by atoms with Crippen molar-refractivity contribution in [3.63, 3.8) is 0 Å². The molecular formula is C13H18S. The van der Waals surface area contributed by atoms with Crippen molar-refractivity contribution in [2.24, 2.45) is 0 Å². The van der Waals surface area contributed by atoms with Gasteiger partial charge in [0.25, 0.3) is 0 Å². The highest BCUT2D eigenvalue weighted by Crippen LogP contribution is 2.20. The molecule has 0 nitrogen and oxygen atoms in total. The molecule has 1 aliphatic rings. The van der Waals surface area contributed by atoms with Gasteiger partial charge in [0.2, 0.25) is 0 Å². The molecule has 0 unspecified atom stereocenters. The van der Waals surface area contributed by atoms with E-state index in [1.165, 1.54) is 16.7 Å². The van der Waals surface area contributed by atoms with Crippen molar-refractivity contribution < 1.29 is 0 Å². The zero-order chi connectivity index (χ0) is 10.4. The summed E-state index contributed by atoms with van der Waals surface area (Å²) >= 11 is 4.22. The van der Waals surface area contributed by atoms with Crippen molar-refractivity contribution in [1.29, 1.82) is 0 Å². The van der Waals surface area contributed by atoms with Gasteiger partial charge in [0.05, 0.1) is 0 Å². The highest BCUT2D eigenvalue weighted by atomic mass is 32.1. The number of hydrogen-bond acceptors (Lipinski definition) is 1. The van der Waals surface area contributed by atoms with Crippen molar-refractivity contribution in [3.05, 3.63) is 41.0 Å². The van der Waals surface area contributed by atoms with Gasteiger partial charge in [0.1, 0.15) is 0 Å². The van der Waals surface area contributed by atoms with E-state index in [-0.39, 0.29) is 0 Å². The van der Waals surface area contributed by atoms with Gasteiger partial charge in [0, 0.05) is 0 Å². The number of fused-ring (bicyclic) bond motifs is 1. The fourth-order valence-electron chi connectivity index (χ4n) is 1.60. The molecule has 0 N–H and O–H groups in total. The Hall–Kier alpha value is -0.690. The molecule has 0 heterocycles. The van der Waals surface area contributed by atoms with Gasteiger partial charge in [-0.3, -0.25) is 0 Å². The van der Waals surface area contributed by atoms with E-state index >= 15 is 0 Å². The van der Waals surface area contributed by atoms with Crippen LogP contribution in [0.15, 0.2) is 24.3 Å². The molecule has 14 heavy (non-hydrogen) atoms. The lowest BCUT2D eigenvalue weighted by Gasteiger charge is -2.02. The van der Waals surface area contributed by atoms with Gasteiger partial charge in [-0.25, -0.2) is 0 Å². The van der Waals surface area contributed by atoms with Gasteiger partial charge in [-0.2, -0.15) is 12.6 Å². The summed E-state index contributed by atoms with van der Waals surface area (Å²) in [6.45, 7) is 4.00. The van der Waals surface area contributed by atoms with Crippen molar-refractivity contribution in [3.8, 4) is 0 Å². The third kappa shape index (κ3) is 2.65. The van der Waals surface area contributed by atoms with Gasteiger partial charge in [-0.05, 0) is 35.3 Å². The van der Waals surface area contributed by atoms with E-state index in [4.69, 9.17) is 0 Å². The predicted octanol–water partition coefficient (Wildman–Crippen LogP) is 3.75. The molecular weight excluding hydrogens is 188 g/mol. The van der Waals surface area contributed by atoms with Crippen LogP contribution in [0.2, 0.25) is 0 Å². The summed E-state index contributed by atoms with van der Waals surface area (Å²) in [5.41, 5.74) is 4.26. The first-order chi connectivity index (χ1) is 6.90. The van der Waals surface area contributed by atoms with E-state index in [9.17, 15) is 0 Å². The Labute approximate surface area is 92.5 Å². The number of thiol groups is 1. The van der Waals surface area contributed by atoms with Gasteiger partial charge >= 0.3 is 0 Å². The topological polar surface area (TPSA) is 0 Å². The van der Waals surface area contributed by atoms with Crippen molar-refractivity contribution in [2.75, 3.05) is 5.75 Å². The predicted molar refractivity (Wildman–Crippen MR) is 68.1 cm³/mol. The molecule has 2 rings (SSSR count). The summed E-state index contributed by atoms with van der Waals surface area (Å²) in [6, 6.07) is 6.70. The van der Waals surface area contributed by atoms with Gasteiger partial charge in [-0.15, -0.1) is 0 Å². The van der Waals surface area contributed by atoms with Crippen LogP contribution in [0.3, 0.4) is 0 Å². The van der Waals surface area contributed by atoms with Gasteiger partial charge < -0.3 is 0 Å². The van der Waals surface area contributed by atoms with Crippen LogP contribution in [0.5, 0.6) is 0 Å². The first-order valence-corrected chi connectivity index (χ1v) is 5.92. The summed E-state index contributed by atoms with van der Waals surface area (Å²) in [7, 11) is 0. The third-order valence-corrected chi connectivity index (χ3v) is 2.47. The second-order valence-electron chi connectivity index (χ2n) is 3.11. The second kappa shape index (κ2) is 5.92. The van der Waals surface area contributed by atoms with Crippen LogP contribution in [-0.2, 0) is 12.8 Å². The van der Waals surface area contributed by atoms with Crippen molar-refractivity contribution in [2.45, 2.75) is 26.7 Å². The van der Waals surface area contributed by atoms with E-state index in [2.05, 4.69) is 43.0 Å². The maximum absolute atomic E-state index is 4.22. The quantitative estimate of drug-likeness (QED) is 0.700. The molecule has 0 fully saturated rings. The Morgan fingerprint density at radius 3 is 2.79 bits per heavy atom. The lowest BCUT2D eigenvalue weighted by atomic mass is 10.0. The Morgan fingerprint density at radius 2 is 2.07 bits per heavy atom. The maximum atomic E-state index is 4.22. The molecule has 1 heteroatoms. The van der Waals surface area contributed by atoms with E-state index in [0.29, 0.717) is 0 Å². The monoisotopic (exact) mass is 206 g/mol. The van der Waals surface area contributed by atoms with Crippen LogP contribution in [0, 0.1) is 0 Å². The zero-order valence-corrected chi connectivity index (χ0v) is 9.85. The Kier molecular flexibility index (Phi) is 4.81. The molecule has 1 aromatic rings. The number of aryl methyl sites for hydroxylation is 1. The highest BCUT2D eigenvalue weighted by Gasteiger charge is 2.04. The molecule has 0 saturated heterocycles. The highest BCUT2D eigenvalue weighted by molar-refractivity contribution is 7.80. The molecule has 0 saturated carbocycles. The Bertz CT molecular complexity index is 313. The number of hydrogen-bond donors (Lipinski definition) is 1. The molecule has 1 aliphatic carbocycles. The van der Waals surface area contributed by atoms with Crippen LogP contribution in [0.1, 0.15) is 30.5 Å². The molecule has 0 amide bonds. The zero-order valence-electron chi connectivity index (χ0n) is 8.96. The molecule has 0 atom stereocenters. The minimum absolute atomic E-state index is 0.937. The summed E-state index contributed by atoms with van der Waals surface area (Å²) in [5, 5.41) is 0. The molecule has 0 spiro atoms. The largest absolute Gasteiger partial charge is 0.179 e. The molecule has 0 aliphatic heterocycles. The summed E-state index contributed by atoms with van der Waals surface area (Å²) in [6.07, 6.45) is 6.60. The molecule has 1 aromatic carbocycles. The SMILES string of the molecule is CC.SCCc1ccc2c(c1)CC=C2. The Morgan fingerprint density at radius 1 is 1.29 bits per heavy atom. The average molecular weight is 206 g/mol. The molecule has 0 radical (unpaired) electrons. The van der Waals surface area contributed by atoms with Crippen LogP contribution in [0.4, 0.5) is 0 Å². The van der Waals surface area contributed by atoms with E-state index in [1.807, 2.05) is 13.8 Å². The standard InChI is InChI=1S/C11H12S.C2H6/c12-7-6-9-4-5-10-2-1-3-11(10)8-9;1-2/h1-2,4-5,8,12H,3,6-7H2;1-2H3. The fourth-order valence-corrected chi connectivity index (χ4v) is 1.85. The lowest BCUT2D eigenvalue weighted by molar-refractivity contribution is 1.14. The second-order valence-corrected chi connectivity index (χ2v) is 3.56. The number of rotatable bonds is 2.